The van der Waals surface area contributed by atoms with Crippen molar-refractivity contribution in [1.29, 1.82) is 0 Å². The summed E-state index contributed by atoms with van der Waals surface area (Å²) in [6.45, 7) is 3.33. The summed E-state index contributed by atoms with van der Waals surface area (Å²) < 4.78 is 6.06. The van der Waals surface area contributed by atoms with E-state index in [1.807, 2.05) is 19.1 Å². The second kappa shape index (κ2) is 5.46. The zero-order chi connectivity index (χ0) is 11.6. The molecule has 1 aromatic carbocycles. The minimum absolute atomic E-state index is 0.0218. The normalized spacial score (nSPS) is 10.5. The molecule has 0 spiro atoms. The predicted octanol–water partition coefficient (Wildman–Crippen LogP) is 4.47. The van der Waals surface area contributed by atoms with E-state index in [9.17, 15) is 4.79 Å². The van der Waals surface area contributed by atoms with E-state index < -0.39 is 0 Å². The molecule has 0 fully saturated rings. The molecule has 0 atom stereocenters. The Kier molecular flexibility index (Phi) is 4.80. The first-order valence-corrected chi connectivity index (χ1v) is 6.81. The van der Waals surface area contributed by atoms with E-state index in [0.29, 0.717) is 5.75 Å². The molecule has 2 nitrogen and oxygen atoms in total. The van der Waals surface area contributed by atoms with Crippen LogP contribution in [0.15, 0.2) is 16.6 Å². The Balaban J connectivity index is 3.17. The van der Waals surface area contributed by atoms with Crippen LogP contribution in [0.4, 0.5) is 0 Å². The van der Waals surface area contributed by atoms with Crippen LogP contribution < -0.4 is 4.74 Å². The summed E-state index contributed by atoms with van der Waals surface area (Å²) in [4.78, 5) is 10.8. The molecule has 0 radical (unpaired) electrons. The molecular weight excluding hydrogens is 392 g/mol. The fourth-order valence-electron chi connectivity index (χ4n) is 1.15. The van der Waals surface area contributed by atoms with Gasteiger partial charge in [-0.1, -0.05) is 47.8 Å². The first-order valence-electron chi connectivity index (χ1n) is 4.18. The average molecular weight is 401 g/mol. The molecule has 0 bridgehead atoms. The van der Waals surface area contributed by atoms with Crippen LogP contribution in [0.25, 0.3) is 0 Å². The zero-order valence-corrected chi connectivity index (χ0v) is 12.9. The van der Waals surface area contributed by atoms with E-state index in [0.717, 1.165) is 15.6 Å². The Bertz CT molecular complexity index is 388. The first-order chi connectivity index (χ1) is 6.91. The van der Waals surface area contributed by atoms with Gasteiger partial charge in [-0.2, -0.15) is 0 Å². The van der Waals surface area contributed by atoms with Crippen molar-refractivity contribution in [1.82, 2.24) is 0 Å². The van der Waals surface area contributed by atoms with Gasteiger partial charge >= 0.3 is 5.97 Å². The van der Waals surface area contributed by atoms with E-state index in [4.69, 9.17) is 4.74 Å². The Morgan fingerprint density at radius 1 is 1.40 bits per heavy atom. The van der Waals surface area contributed by atoms with E-state index in [1.165, 1.54) is 6.92 Å². The number of carbonyl (C=O) groups excluding carboxylic acids is 1. The molecule has 0 aliphatic carbocycles. The lowest BCUT2D eigenvalue weighted by Gasteiger charge is -2.11. The monoisotopic (exact) mass is 398 g/mol. The maximum absolute atomic E-state index is 10.8. The average Bonchev–Trinajstić information content (AvgIpc) is 2.09. The zero-order valence-electron chi connectivity index (χ0n) is 8.18. The Labute approximate surface area is 114 Å². The molecule has 0 N–H and O–H groups in total. The number of alkyl halides is 2. The lowest BCUT2D eigenvalue weighted by atomic mass is 10.1. The SMILES string of the molecule is CC(=O)Oc1cc(C)c(Br)c(C(Br)Br)c1. The van der Waals surface area contributed by atoms with Gasteiger partial charge in [0, 0.05) is 11.4 Å². The van der Waals surface area contributed by atoms with E-state index in [-0.39, 0.29) is 9.71 Å². The summed E-state index contributed by atoms with van der Waals surface area (Å²) in [5.41, 5.74) is 2.01. The van der Waals surface area contributed by atoms with E-state index in [1.54, 1.807) is 0 Å². The van der Waals surface area contributed by atoms with Crippen molar-refractivity contribution in [3.8, 4) is 5.75 Å². The van der Waals surface area contributed by atoms with Gasteiger partial charge in [0.25, 0.3) is 0 Å². The van der Waals surface area contributed by atoms with Crippen molar-refractivity contribution in [2.75, 3.05) is 0 Å². The molecule has 0 saturated carbocycles. The van der Waals surface area contributed by atoms with Gasteiger partial charge in [-0.3, -0.25) is 4.79 Å². The summed E-state index contributed by atoms with van der Waals surface area (Å²) in [5.74, 6) is 0.241. The lowest BCUT2D eigenvalue weighted by Crippen LogP contribution is -2.02. The molecule has 0 saturated heterocycles. The maximum Gasteiger partial charge on any atom is 0.308 e. The number of ether oxygens (including phenoxy) is 1. The van der Waals surface area contributed by atoms with Crippen LogP contribution in [-0.2, 0) is 4.79 Å². The second-order valence-corrected chi connectivity index (χ2v) is 6.89. The number of halogens is 3. The number of rotatable bonds is 2. The molecule has 0 aliphatic heterocycles. The number of aryl methyl sites for hydroxylation is 1. The predicted molar refractivity (Wildman–Crippen MR) is 70.8 cm³/mol. The van der Waals surface area contributed by atoms with Crippen molar-refractivity contribution in [2.45, 2.75) is 17.6 Å². The second-order valence-electron chi connectivity index (χ2n) is 3.04. The molecule has 0 heterocycles. The van der Waals surface area contributed by atoms with Gasteiger partial charge < -0.3 is 4.74 Å². The molecule has 0 unspecified atom stereocenters. The Hall–Kier alpha value is 0.130. The van der Waals surface area contributed by atoms with Gasteiger partial charge in [-0.05, 0) is 30.2 Å². The standard InChI is InChI=1S/C10H9Br3O2/c1-5-3-7(15-6(2)14)4-8(9(5)11)10(12)13/h3-4,10H,1-2H3. The fraction of sp³-hybridized carbons (Fsp3) is 0.300. The molecular formula is C10H9Br3O2. The van der Waals surface area contributed by atoms with Crippen LogP contribution in [0.5, 0.6) is 5.75 Å². The topological polar surface area (TPSA) is 26.3 Å². The number of hydrogen-bond acceptors (Lipinski definition) is 2. The third kappa shape index (κ3) is 3.57. The summed E-state index contributed by atoms with van der Waals surface area (Å²) in [5, 5.41) is 0. The molecule has 0 aliphatic rings. The number of hydrogen-bond donors (Lipinski definition) is 0. The highest BCUT2D eigenvalue weighted by Gasteiger charge is 2.12. The van der Waals surface area contributed by atoms with Crippen LogP contribution in [0, 0.1) is 6.92 Å². The van der Waals surface area contributed by atoms with Crippen LogP contribution in [-0.4, -0.2) is 5.97 Å². The molecule has 15 heavy (non-hydrogen) atoms. The van der Waals surface area contributed by atoms with Crippen molar-refractivity contribution in [2.24, 2.45) is 0 Å². The number of esters is 1. The highest BCUT2D eigenvalue weighted by Crippen LogP contribution is 2.38. The van der Waals surface area contributed by atoms with Crippen molar-refractivity contribution in [3.05, 3.63) is 27.7 Å². The molecule has 5 heteroatoms. The first kappa shape index (κ1) is 13.2. The third-order valence-electron chi connectivity index (χ3n) is 1.75. The minimum atomic E-state index is -0.316. The van der Waals surface area contributed by atoms with Crippen LogP contribution in [0.3, 0.4) is 0 Å². The van der Waals surface area contributed by atoms with Crippen molar-refractivity contribution in [3.63, 3.8) is 0 Å². The van der Waals surface area contributed by atoms with Crippen molar-refractivity contribution >= 4 is 53.8 Å². The minimum Gasteiger partial charge on any atom is -0.427 e. The van der Waals surface area contributed by atoms with Crippen molar-refractivity contribution < 1.29 is 9.53 Å². The van der Waals surface area contributed by atoms with Crippen LogP contribution in [0.2, 0.25) is 0 Å². The van der Waals surface area contributed by atoms with Gasteiger partial charge in [0.05, 0.1) is 3.74 Å². The Morgan fingerprint density at radius 2 is 2.00 bits per heavy atom. The van der Waals surface area contributed by atoms with Gasteiger partial charge in [-0.25, -0.2) is 0 Å². The largest absolute Gasteiger partial charge is 0.427 e. The lowest BCUT2D eigenvalue weighted by molar-refractivity contribution is -0.131. The summed E-state index contributed by atoms with van der Waals surface area (Å²) in [6, 6.07) is 3.63. The molecule has 1 rings (SSSR count). The fourth-order valence-corrected chi connectivity index (χ4v) is 2.94. The van der Waals surface area contributed by atoms with Gasteiger partial charge in [-0.15, -0.1) is 0 Å². The molecule has 0 aromatic heterocycles. The summed E-state index contributed by atoms with van der Waals surface area (Å²) in [6.07, 6.45) is 0. The van der Waals surface area contributed by atoms with Gasteiger partial charge in [0.2, 0.25) is 0 Å². The molecule has 1 aromatic rings. The molecule has 0 amide bonds. The van der Waals surface area contributed by atoms with Crippen LogP contribution in [0.1, 0.15) is 21.8 Å². The molecule has 82 valence electrons. The van der Waals surface area contributed by atoms with E-state index in [2.05, 4.69) is 47.8 Å². The number of benzene rings is 1. The number of carbonyl (C=O) groups is 1. The van der Waals surface area contributed by atoms with Gasteiger partial charge in [0.15, 0.2) is 0 Å². The third-order valence-corrected chi connectivity index (χ3v) is 3.82. The highest BCUT2D eigenvalue weighted by molar-refractivity contribution is 9.24. The highest BCUT2D eigenvalue weighted by atomic mass is 79.9. The quantitative estimate of drug-likeness (QED) is 0.416. The van der Waals surface area contributed by atoms with E-state index >= 15 is 0 Å². The summed E-state index contributed by atoms with van der Waals surface area (Å²) in [7, 11) is 0. The van der Waals surface area contributed by atoms with Gasteiger partial charge in [0.1, 0.15) is 5.75 Å². The maximum atomic E-state index is 10.8. The Morgan fingerprint density at radius 3 is 2.47 bits per heavy atom. The smallest absolute Gasteiger partial charge is 0.308 e. The van der Waals surface area contributed by atoms with Crippen LogP contribution >= 0.6 is 47.8 Å². The summed E-state index contributed by atoms with van der Waals surface area (Å²) >= 11 is 10.3.